The molecule has 0 atom stereocenters. The second-order valence-electron chi connectivity index (χ2n) is 6.64. The van der Waals surface area contributed by atoms with Gasteiger partial charge in [0.1, 0.15) is 17.9 Å². The van der Waals surface area contributed by atoms with Crippen LogP contribution in [0.2, 0.25) is 0 Å². The zero-order valence-corrected chi connectivity index (χ0v) is 17.6. The largest absolute Gasteiger partial charge is 0.324 e. The minimum absolute atomic E-state index is 0.443. The molecule has 0 fully saturated rings. The molecule has 0 saturated heterocycles. The van der Waals surface area contributed by atoms with Crippen LogP contribution in [0.1, 0.15) is 41.2 Å². The number of amides is 1. The number of anilines is 1. The van der Waals surface area contributed by atoms with Crippen LogP contribution in [0.3, 0.4) is 0 Å². The van der Waals surface area contributed by atoms with Crippen molar-refractivity contribution in [1.82, 2.24) is 19.6 Å². The molecular weight excluding hydrogens is 470 g/mol. The van der Waals surface area contributed by atoms with Crippen molar-refractivity contribution in [1.29, 1.82) is 0 Å². The third-order valence-electron chi connectivity index (χ3n) is 4.41. The predicted molar refractivity (Wildman–Crippen MR) is 106 cm³/mol. The number of carbonyl (C=O) groups excluding carboxylic acids is 1. The van der Waals surface area contributed by atoms with E-state index in [4.69, 9.17) is 0 Å². The smallest absolute Gasteiger partial charge is 0.282 e. The van der Waals surface area contributed by atoms with Gasteiger partial charge in [0.05, 0.1) is 22.4 Å². The van der Waals surface area contributed by atoms with Gasteiger partial charge in [-0.05, 0) is 53.5 Å². The molecule has 1 aromatic carbocycles. The number of alkyl halides is 4. The monoisotopic (exact) mass is 487 g/mol. The van der Waals surface area contributed by atoms with E-state index in [9.17, 15) is 22.4 Å². The number of nitrogens with zero attached hydrogens (tertiary/aromatic N) is 4. The van der Waals surface area contributed by atoms with Crippen molar-refractivity contribution in [3.63, 3.8) is 0 Å². The van der Waals surface area contributed by atoms with Crippen molar-refractivity contribution in [2.45, 2.75) is 39.8 Å². The molecule has 0 radical (unpaired) electrons. The molecule has 0 aliphatic carbocycles. The molecule has 0 saturated carbocycles. The lowest BCUT2D eigenvalue weighted by atomic mass is 10.2. The average molecular weight is 488 g/mol. The lowest BCUT2D eigenvalue weighted by Gasteiger charge is -2.10. The maximum atomic E-state index is 13.1. The van der Waals surface area contributed by atoms with Gasteiger partial charge < -0.3 is 5.32 Å². The molecule has 0 aliphatic rings. The highest BCUT2D eigenvalue weighted by atomic mass is 79.9. The number of benzene rings is 1. The molecule has 0 aliphatic heterocycles. The van der Waals surface area contributed by atoms with Gasteiger partial charge in [0.25, 0.3) is 12.9 Å². The summed E-state index contributed by atoms with van der Waals surface area (Å²) in [7, 11) is 0. The molecule has 2 heterocycles. The first-order valence-electron chi connectivity index (χ1n) is 8.88. The summed E-state index contributed by atoms with van der Waals surface area (Å²) in [5.41, 5.74) is 1.58. The summed E-state index contributed by atoms with van der Waals surface area (Å²) in [5, 5.41) is 10.4. The minimum Gasteiger partial charge on any atom is -0.324 e. The van der Waals surface area contributed by atoms with Gasteiger partial charge in [0.15, 0.2) is 0 Å². The fourth-order valence-corrected chi connectivity index (χ4v) is 3.23. The number of aryl methyl sites for hydroxylation is 1. The van der Waals surface area contributed by atoms with Gasteiger partial charge in [-0.1, -0.05) is 12.1 Å². The first kappa shape index (κ1) is 22.0. The zero-order chi connectivity index (χ0) is 22.0. The second-order valence-corrected chi connectivity index (χ2v) is 7.44. The van der Waals surface area contributed by atoms with Gasteiger partial charge in [-0.15, -0.1) is 0 Å². The maximum Gasteiger partial charge on any atom is 0.282 e. The van der Waals surface area contributed by atoms with E-state index in [1.807, 2.05) is 24.6 Å². The van der Waals surface area contributed by atoms with E-state index in [0.717, 1.165) is 21.4 Å². The SMILES string of the molecule is Cc1nn(Cc2cccc(NC(=O)Cn3nc(C(F)F)cc3C(F)F)c2)c(C)c1Br. The van der Waals surface area contributed by atoms with Gasteiger partial charge in [0.2, 0.25) is 5.91 Å². The lowest BCUT2D eigenvalue weighted by molar-refractivity contribution is -0.117. The van der Waals surface area contributed by atoms with Gasteiger partial charge >= 0.3 is 0 Å². The Kier molecular flexibility index (Phi) is 6.59. The normalized spacial score (nSPS) is 11.5. The van der Waals surface area contributed by atoms with E-state index >= 15 is 0 Å². The molecular formula is C19H18BrF4N5O. The van der Waals surface area contributed by atoms with E-state index in [0.29, 0.717) is 23.0 Å². The molecule has 11 heteroatoms. The highest BCUT2D eigenvalue weighted by Gasteiger charge is 2.22. The third-order valence-corrected chi connectivity index (χ3v) is 5.55. The van der Waals surface area contributed by atoms with Gasteiger partial charge in [-0.2, -0.15) is 10.2 Å². The number of hydrogen-bond donors (Lipinski definition) is 1. The Morgan fingerprint density at radius 2 is 1.83 bits per heavy atom. The highest BCUT2D eigenvalue weighted by molar-refractivity contribution is 9.10. The Bertz CT molecular complexity index is 1060. The summed E-state index contributed by atoms with van der Waals surface area (Å²) in [4.78, 5) is 12.3. The summed E-state index contributed by atoms with van der Waals surface area (Å²) in [6.45, 7) is 3.66. The van der Waals surface area contributed by atoms with Crippen molar-refractivity contribution in [2.75, 3.05) is 5.32 Å². The van der Waals surface area contributed by atoms with Crippen LogP contribution in [-0.2, 0) is 17.9 Å². The average Bonchev–Trinajstić information content (AvgIpc) is 3.19. The highest BCUT2D eigenvalue weighted by Crippen LogP contribution is 2.25. The predicted octanol–water partition coefficient (Wildman–Crippen LogP) is 5.02. The standard InChI is InChI=1S/C19H18BrF4N5O/c1-10-17(20)11(2)28(26-10)8-12-4-3-5-13(6-12)25-16(30)9-29-15(19(23)24)7-14(27-29)18(21)22/h3-7,18-19H,8-9H2,1-2H3,(H,25,30). The molecule has 0 unspecified atom stereocenters. The molecule has 3 aromatic rings. The summed E-state index contributed by atoms with van der Waals surface area (Å²) in [5.74, 6) is -0.660. The van der Waals surface area contributed by atoms with Gasteiger partial charge in [-0.25, -0.2) is 17.6 Å². The summed E-state index contributed by atoms with van der Waals surface area (Å²) >= 11 is 3.47. The molecule has 0 bridgehead atoms. The molecule has 1 N–H and O–H groups in total. The van der Waals surface area contributed by atoms with Crippen LogP contribution < -0.4 is 5.32 Å². The second kappa shape index (κ2) is 8.99. The molecule has 1 amide bonds. The number of rotatable bonds is 7. The first-order chi connectivity index (χ1) is 14.2. The van der Waals surface area contributed by atoms with Crippen molar-refractivity contribution in [3.8, 4) is 0 Å². The van der Waals surface area contributed by atoms with Crippen LogP contribution in [0.5, 0.6) is 0 Å². The molecule has 3 rings (SSSR count). The van der Waals surface area contributed by atoms with Crippen molar-refractivity contribution in [3.05, 3.63) is 63.1 Å². The number of carbonyl (C=O) groups is 1. The third kappa shape index (κ3) is 4.89. The topological polar surface area (TPSA) is 64.7 Å². The van der Waals surface area contributed by atoms with Crippen LogP contribution in [0, 0.1) is 13.8 Å². The fourth-order valence-electron chi connectivity index (χ4n) is 2.95. The van der Waals surface area contributed by atoms with E-state index in [1.165, 1.54) is 0 Å². The summed E-state index contributed by atoms with van der Waals surface area (Å²) in [6.07, 6.45) is -6.03. The van der Waals surface area contributed by atoms with Crippen LogP contribution >= 0.6 is 15.9 Å². The van der Waals surface area contributed by atoms with E-state index in [1.54, 1.807) is 18.2 Å². The summed E-state index contributed by atoms with van der Waals surface area (Å²) < 4.78 is 54.9. The zero-order valence-electron chi connectivity index (χ0n) is 16.0. The van der Waals surface area contributed by atoms with Crippen LogP contribution in [0.4, 0.5) is 23.2 Å². The van der Waals surface area contributed by atoms with Crippen molar-refractivity contribution < 1.29 is 22.4 Å². The number of hydrogen-bond acceptors (Lipinski definition) is 3. The Morgan fingerprint density at radius 1 is 1.10 bits per heavy atom. The fraction of sp³-hybridized carbons (Fsp3) is 0.316. The molecule has 160 valence electrons. The maximum absolute atomic E-state index is 13.1. The number of nitrogens with one attached hydrogen (secondary N) is 1. The van der Waals surface area contributed by atoms with Gasteiger partial charge in [-0.3, -0.25) is 14.2 Å². The van der Waals surface area contributed by atoms with Crippen LogP contribution in [0.25, 0.3) is 0 Å². The Morgan fingerprint density at radius 3 is 2.43 bits per heavy atom. The Hall–Kier alpha value is -2.69. The van der Waals surface area contributed by atoms with E-state index in [-0.39, 0.29) is 0 Å². The molecule has 2 aromatic heterocycles. The van der Waals surface area contributed by atoms with Crippen molar-refractivity contribution >= 4 is 27.5 Å². The number of aromatic nitrogens is 4. The van der Waals surface area contributed by atoms with E-state index < -0.39 is 36.7 Å². The van der Waals surface area contributed by atoms with E-state index in [2.05, 4.69) is 31.4 Å². The number of halogens is 5. The van der Waals surface area contributed by atoms with Crippen LogP contribution in [0.15, 0.2) is 34.8 Å². The first-order valence-corrected chi connectivity index (χ1v) is 9.67. The molecule has 30 heavy (non-hydrogen) atoms. The van der Waals surface area contributed by atoms with Crippen molar-refractivity contribution in [2.24, 2.45) is 0 Å². The minimum atomic E-state index is -3.03. The van der Waals surface area contributed by atoms with Crippen LogP contribution in [-0.4, -0.2) is 25.5 Å². The Balaban J connectivity index is 1.72. The molecule has 0 spiro atoms. The van der Waals surface area contributed by atoms with Gasteiger partial charge in [0, 0.05) is 5.69 Å². The lowest BCUT2D eigenvalue weighted by Crippen LogP contribution is -2.21. The summed E-state index contributed by atoms with van der Waals surface area (Å²) in [6, 6.07) is 7.57. The quantitative estimate of drug-likeness (QED) is 0.475. The molecule has 6 nitrogen and oxygen atoms in total. The Labute approximate surface area is 178 Å².